The molecule has 1 aromatic rings. The third kappa shape index (κ3) is 6.51. The maximum Gasteiger partial charge on any atom is 0.241 e. The van der Waals surface area contributed by atoms with Gasteiger partial charge in [-0.2, -0.15) is 16.5 Å². The van der Waals surface area contributed by atoms with E-state index in [4.69, 9.17) is 0 Å². The van der Waals surface area contributed by atoms with E-state index in [1.807, 2.05) is 13.2 Å². The molecule has 1 fully saturated rings. The second kappa shape index (κ2) is 10.1. The van der Waals surface area contributed by atoms with Crippen molar-refractivity contribution < 1.29 is 18.0 Å². The van der Waals surface area contributed by atoms with E-state index in [-0.39, 0.29) is 17.3 Å². The van der Waals surface area contributed by atoms with Gasteiger partial charge in [0.2, 0.25) is 21.8 Å². The summed E-state index contributed by atoms with van der Waals surface area (Å²) in [5.74, 6) is 0.00679. The molecule has 2 rings (SSSR count). The number of likely N-dealkylation sites (tertiary alicyclic amines) is 1. The van der Waals surface area contributed by atoms with Gasteiger partial charge in [0.1, 0.15) is 6.04 Å². The number of aryl methyl sites for hydroxylation is 1. The van der Waals surface area contributed by atoms with Crippen molar-refractivity contribution in [2.45, 2.75) is 37.1 Å². The molecule has 0 radical (unpaired) electrons. The average Bonchev–Trinajstić information content (AvgIpc) is 3.18. The quantitative estimate of drug-likeness (QED) is 0.633. The number of hydrogen-bond acceptors (Lipinski definition) is 5. The number of hydrogen-bond donors (Lipinski definition) is 2. The van der Waals surface area contributed by atoms with Gasteiger partial charge in [0.15, 0.2) is 0 Å². The van der Waals surface area contributed by atoms with Crippen LogP contribution in [0.2, 0.25) is 0 Å². The van der Waals surface area contributed by atoms with Gasteiger partial charge in [0.25, 0.3) is 0 Å². The number of nitrogens with one attached hydrogen (secondary N) is 2. The molecule has 1 aliphatic rings. The maximum absolute atomic E-state index is 12.6. The van der Waals surface area contributed by atoms with Crippen molar-refractivity contribution in [1.29, 1.82) is 0 Å². The van der Waals surface area contributed by atoms with E-state index in [0.717, 1.165) is 18.4 Å². The molecule has 9 heteroatoms. The minimum atomic E-state index is -3.82. The second-order valence-corrected chi connectivity index (χ2v) is 9.27. The Morgan fingerprint density at radius 3 is 2.41 bits per heavy atom. The van der Waals surface area contributed by atoms with Gasteiger partial charge in [-0.05, 0) is 50.3 Å². The highest BCUT2D eigenvalue weighted by atomic mass is 32.2. The van der Waals surface area contributed by atoms with Gasteiger partial charge in [0.05, 0.1) is 11.4 Å². The molecule has 1 saturated heterocycles. The number of thioether (sulfide) groups is 1. The molecule has 0 aliphatic carbocycles. The maximum atomic E-state index is 12.6. The zero-order chi connectivity index (χ0) is 19.9. The van der Waals surface area contributed by atoms with E-state index in [2.05, 4.69) is 10.0 Å². The Balaban J connectivity index is 2.01. The first-order valence-electron chi connectivity index (χ1n) is 8.97. The fraction of sp³-hybridized carbons (Fsp3) is 0.556. The first-order valence-corrected chi connectivity index (χ1v) is 11.8. The van der Waals surface area contributed by atoms with Crippen molar-refractivity contribution in [2.24, 2.45) is 0 Å². The summed E-state index contributed by atoms with van der Waals surface area (Å²) in [5.41, 5.74) is 0.950. The van der Waals surface area contributed by atoms with Crippen LogP contribution in [0, 0.1) is 6.92 Å². The van der Waals surface area contributed by atoms with E-state index < -0.39 is 22.0 Å². The van der Waals surface area contributed by atoms with Gasteiger partial charge in [-0.1, -0.05) is 17.7 Å². The summed E-state index contributed by atoms with van der Waals surface area (Å²) in [4.78, 5) is 26.4. The summed E-state index contributed by atoms with van der Waals surface area (Å²) in [5, 5.41) is 2.59. The van der Waals surface area contributed by atoms with E-state index in [0.29, 0.717) is 25.3 Å². The highest BCUT2D eigenvalue weighted by Gasteiger charge is 2.26. The van der Waals surface area contributed by atoms with Crippen LogP contribution >= 0.6 is 11.8 Å². The first kappa shape index (κ1) is 21.7. The fourth-order valence-electron chi connectivity index (χ4n) is 2.82. The highest BCUT2D eigenvalue weighted by Crippen LogP contribution is 2.12. The molecule has 27 heavy (non-hydrogen) atoms. The Hall–Kier alpha value is -1.58. The zero-order valence-electron chi connectivity index (χ0n) is 15.7. The zero-order valence-corrected chi connectivity index (χ0v) is 17.4. The van der Waals surface area contributed by atoms with E-state index in [1.165, 1.54) is 23.9 Å². The lowest BCUT2D eigenvalue weighted by Gasteiger charge is -2.20. The lowest BCUT2D eigenvalue weighted by Crippen LogP contribution is -2.49. The monoisotopic (exact) mass is 413 g/mol. The first-order chi connectivity index (χ1) is 12.8. The van der Waals surface area contributed by atoms with Gasteiger partial charge < -0.3 is 10.2 Å². The molecular formula is C18H27N3O4S2. The van der Waals surface area contributed by atoms with E-state index >= 15 is 0 Å². The lowest BCUT2D eigenvalue weighted by atomic mass is 10.2. The molecule has 1 unspecified atom stereocenters. The van der Waals surface area contributed by atoms with Crippen LogP contribution in [-0.4, -0.2) is 62.8 Å². The summed E-state index contributed by atoms with van der Waals surface area (Å²) in [6.45, 7) is 3.19. The van der Waals surface area contributed by atoms with Crippen LogP contribution in [0.4, 0.5) is 0 Å². The molecule has 2 amide bonds. The van der Waals surface area contributed by atoms with Gasteiger partial charge in [-0.25, -0.2) is 8.42 Å². The van der Waals surface area contributed by atoms with E-state index in [9.17, 15) is 18.0 Å². The van der Waals surface area contributed by atoms with Crippen molar-refractivity contribution in [2.75, 3.05) is 31.6 Å². The van der Waals surface area contributed by atoms with Gasteiger partial charge >= 0.3 is 0 Å². The lowest BCUT2D eigenvalue weighted by molar-refractivity contribution is -0.132. The predicted molar refractivity (Wildman–Crippen MR) is 107 cm³/mol. The number of amides is 2. The molecule has 1 heterocycles. The van der Waals surface area contributed by atoms with Crippen LogP contribution in [0.3, 0.4) is 0 Å². The van der Waals surface area contributed by atoms with Crippen LogP contribution in [0.15, 0.2) is 29.2 Å². The Kier molecular flexibility index (Phi) is 8.12. The number of sulfonamides is 1. The fourth-order valence-corrected chi connectivity index (χ4v) is 4.52. The number of nitrogens with zero attached hydrogens (tertiary/aromatic N) is 1. The second-order valence-electron chi connectivity index (χ2n) is 6.57. The van der Waals surface area contributed by atoms with Gasteiger partial charge in [-0.3, -0.25) is 9.59 Å². The molecule has 0 spiro atoms. The predicted octanol–water partition coefficient (Wildman–Crippen LogP) is 1.13. The van der Waals surface area contributed by atoms with E-state index in [1.54, 1.807) is 17.0 Å². The van der Waals surface area contributed by atoms with Crippen molar-refractivity contribution in [3.8, 4) is 0 Å². The van der Waals surface area contributed by atoms with Crippen LogP contribution in [0.5, 0.6) is 0 Å². The molecule has 1 aromatic carbocycles. The number of benzene rings is 1. The Labute approximate surface area is 165 Å². The van der Waals surface area contributed by atoms with Crippen molar-refractivity contribution >= 4 is 33.6 Å². The smallest absolute Gasteiger partial charge is 0.241 e. The summed E-state index contributed by atoms with van der Waals surface area (Å²) in [7, 11) is -3.82. The molecule has 150 valence electrons. The normalized spacial score (nSPS) is 15.6. The molecule has 1 atom stereocenters. The Morgan fingerprint density at radius 1 is 1.19 bits per heavy atom. The van der Waals surface area contributed by atoms with Crippen molar-refractivity contribution in [3.63, 3.8) is 0 Å². The van der Waals surface area contributed by atoms with Gasteiger partial charge in [0, 0.05) is 13.1 Å². The standard InChI is InChI=1S/C18H27N3O4S2/c1-14-5-7-15(8-6-14)27(24,25)20-16(9-12-26-2)18(23)19-13-17(22)21-10-3-4-11-21/h5-8,16,20H,3-4,9-13H2,1-2H3,(H,19,23). The average molecular weight is 414 g/mol. The summed E-state index contributed by atoms with van der Waals surface area (Å²) >= 11 is 1.53. The Bertz CT molecular complexity index is 744. The molecule has 2 N–H and O–H groups in total. The van der Waals surface area contributed by atoms with Gasteiger partial charge in [-0.15, -0.1) is 0 Å². The van der Waals surface area contributed by atoms with Crippen LogP contribution in [0.1, 0.15) is 24.8 Å². The minimum Gasteiger partial charge on any atom is -0.346 e. The van der Waals surface area contributed by atoms with Crippen molar-refractivity contribution in [1.82, 2.24) is 14.9 Å². The Morgan fingerprint density at radius 2 is 1.81 bits per heavy atom. The van der Waals surface area contributed by atoms with Crippen LogP contribution in [-0.2, 0) is 19.6 Å². The molecule has 1 aliphatic heterocycles. The van der Waals surface area contributed by atoms with Crippen LogP contribution < -0.4 is 10.0 Å². The topological polar surface area (TPSA) is 95.6 Å². The molecule has 7 nitrogen and oxygen atoms in total. The summed E-state index contributed by atoms with van der Waals surface area (Å²) < 4.78 is 27.7. The molecular weight excluding hydrogens is 386 g/mol. The minimum absolute atomic E-state index is 0.110. The number of carbonyl (C=O) groups is 2. The SMILES string of the molecule is CSCCC(NS(=O)(=O)c1ccc(C)cc1)C(=O)NCC(=O)N1CCCC1. The summed E-state index contributed by atoms with van der Waals surface area (Å²) in [6, 6.07) is 5.52. The largest absolute Gasteiger partial charge is 0.346 e. The molecule has 0 aromatic heterocycles. The number of carbonyl (C=O) groups excluding carboxylic acids is 2. The third-order valence-corrected chi connectivity index (χ3v) is 6.56. The highest BCUT2D eigenvalue weighted by molar-refractivity contribution is 7.98. The number of rotatable bonds is 9. The molecule has 0 saturated carbocycles. The third-order valence-electron chi connectivity index (χ3n) is 4.43. The molecule has 0 bridgehead atoms. The summed E-state index contributed by atoms with van der Waals surface area (Å²) in [6.07, 6.45) is 4.19. The van der Waals surface area contributed by atoms with Crippen LogP contribution in [0.25, 0.3) is 0 Å². The van der Waals surface area contributed by atoms with Crippen molar-refractivity contribution in [3.05, 3.63) is 29.8 Å².